The van der Waals surface area contributed by atoms with Crippen LogP contribution < -0.4 is 10.6 Å². The number of methoxy groups -OCH3 is 1. The summed E-state index contributed by atoms with van der Waals surface area (Å²) in [4.78, 5) is 50.1. The average Bonchev–Trinajstić information content (AvgIpc) is 3.38. The Balaban J connectivity index is 1.27. The Morgan fingerprint density at radius 1 is 0.950 bits per heavy atom. The molecule has 1 fully saturated rings. The van der Waals surface area contributed by atoms with Crippen molar-refractivity contribution in [1.29, 1.82) is 0 Å². The number of nitrogens with zero attached hydrogens (tertiary/aromatic N) is 3. The van der Waals surface area contributed by atoms with E-state index in [4.69, 9.17) is 4.74 Å². The summed E-state index contributed by atoms with van der Waals surface area (Å²) in [5.74, 6) is -1.20. The second-order valence-electron chi connectivity index (χ2n) is 10.1. The summed E-state index contributed by atoms with van der Waals surface area (Å²) in [6.07, 6.45) is 1.50. The number of benzene rings is 2. The first kappa shape index (κ1) is 27.0. The van der Waals surface area contributed by atoms with Crippen LogP contribution in [0.5, 0.6) is 0 Å². The van der Waals surface area contributed by atoms with Crippen LogP contribution in [0.25, 0.3) is 11.0 Å². The highest BCUT2D eigenvalue weighted by atomic mass is 16.5. The number of ether oxygens (including phenoxy) is 1. The van der Waals surface area contributed by atoms with Crippen molar-refractivity contribution in [3.63, 3.8) is 0 Å². The molecule has 0 unspecified atom stereocenters. The van der Waals surface area contributed by atoms with E-state index < -0.39 is 11.9 Å². The zero-order valence-corrected chi connectivity index (χ0v) is 22.8. The van der Waals surface area contributed by atoms with Gasteiger partial charge >= 0.3 is 5.97 Å². The van der Waals surface area contributed by atoms with Crippen molar-refractivity contribution in [2.24, 2.45) is 0 Å². The van der Waals surface area contributed by atoms with E-state index in [1.165, 1.54) is 13.3 Å². The molecule has 2 aromatic carbocycles. The predicted octanol–water partition coefficient (Wildman–Crippen LogP) is 3.91. The van der Waals surface area contributed by atoms with Gasteiger partial charge in [0.2, 0.25) is 0 Å². The van der Waals surface area contributed by atoms with E-state index in [1.54, 1.807) is 24.3 Å². The highest BCUT2D eigenvalue weighted by molar-refractivity contribution is 6.13. The zero-order valence-electron chi connectivity index (χ0n) is 22.8. The number of aromatic amines is 1. The third kappa shape index (κ3) is 6.19. The lowest BCUT2D eigenvalue weighted by Gasteiger charge is -2.32. The first-order chi connectivity index (χ1) is 19.3. The Morgan fingerprint density at radius 3 is 2.42 bits per heavy atom. The molecule has 2 amide bonds. The molecular weight excluding hydrogens is 508 g/mol. The maximum atomic E-state index is 13.3. The number of likely N-dealkylation sites (N-methyl/N-ethyl adjacent to an activating group) is 1. The van der Waals surface area contributed by atoms with Crippen LogP contribution in [-0.4, -0.2) is 77.9 Å². The van der Waals surface area contributed by atoms with E-state index in [0.717, 1.165) is 43.9 Å². The molecule has 0 bridgehead atoms. The molecule has 4 aromatic rings. The van der Waals surface area contributed by atoms with E-state index in [9.17, 15) is 14.4 Å². The van der Waals surface area contributed by atoms with Gasteiger partial charge in [-0.25, -0.2) is 9.78 Å². The number of H-pyrrole nitrogens is 1. The number of piperazine rings is 1. The van der Waals surface area contributed by atoms with Gasteiger partial charge < -0.3 is 25.3 Å². The van der Waals surface area contributed by atoms with Crippen LogP contribution in [0, 0.1) is 6.92 Å². The van der Waals surface area contributed by atoms with Crippen molar-refractivity contribution in [3.8, 4) is 0 Å². The standard InChI is InChI=1S/C30H32N6O4/c1-19-4-9-25(34-28(37)21-7-5-20(6-8-21)18-36-12-10-35(2)11-13-36)24(14-19)29(38)32-23-15-22-16-26(30(39)40-3)33-27(22)31-17-23/h4-9,14-17H,10-13,18H2,1-3H3,(H,31,33)(H,32,38)(H,34,37). The van der Waals surface area contributed by atoms with Gasteiger partial charge in [-0.15, -0.1) is 0 Å². The molecular formula is C30H32N6O4. The summed E-state index contributed by atoms with van der Waals surface area (Å²) >= 11 is 0. The first-order valence-electron chi connectivity index (χ1n) is 13.1. The number of amides is 2. The molecule has 1 aliphatic rings. The molecule has 0 atom stereocenters. The van der Waals surface area contributed by atoms with Crippen LogP contribution in [0.4, 0.5) is 11.4 Å². The summed E-state index contributed by atoms with van der Waals surface area (Å²) < 4.78 is 4.74. The van der Waals surface area contributed by atoms with Crippen LogP contribution in [0.2, 0.25) is 0 Å². The molecule has 0 spiro atoms. The zero-order chi connectivity index (χ0) is 28.2. The molecule has 1 saturated heterocycles. The van der Waals surface area contributed by atoms with Crippen molar-refractivity contribution >= 4 is 40.2 Å². The lowest BCUT2D eigenvalue weighted by atomic mass is 10.1. The van der Waals surface area contributed by atoms with E-state index in [2.05, 4.69) is 37.4 Å². The number of carbonyl (C=O) groups excluding carboxylic acids is 3. The van der Waals surface area contributed by atoms with Crippen LogP contribution >= 0.6 is 0 Å². The molecule has 3 N–H and O–H groups in total. The number of aryl methyl sites for hydroxylation is 1. The monoisotopic (exact) mass is 540 g/mol. The van der Waals surface area contributed by atoms with Crippen molar-refractivity contribution < 1.29 is 19.1 Å². The van der Waals surface area contributed by atoms with Gasteiger partial charge in [0.25, 0.3) is 11.8 Å². The van der Waals surface area contributed by atoms with Crippen LogP contribution in [-0.2, 0) is 11.3 Å². The first-order valence-corrected chi connectivity index (χ1v) is 13.1. The summed E-state index contributed by atoms with van der Waals surface area (Å²) in [6, 6.07) is 16.2. The minimum absolute atomic E-state index is 0.268. The minimum Gasteiger partial charge on any atom is -0.464 e. The normalized spacial score (nSPS) is 14.2. The van der Waals surface area contributed by atoms with Gasteiger partial charge in [-0.3, -0.25) is 14.5 Å². The Kier molecular flexibility index (Phi) is 7.90. The molecule has 0 saturated carbocycles. The largest absolute Gasteiger partial charge is 0.464 e. The van der Waals surface area contributed by atoms with E-state index in [-0.39, 0.29) is 11.6 Å². The van der Waals surface area contributed by atoms with Crippen LogP contribution in [0.3, 0.4) is 0 Å². The van der Waals surface area contributed by atoms with Crippen LogP contribution in [0.15, 0.2) is 60.8 Å². The number of rotatable bonds is 7. The van der Waals surface area contributed by atoms with Crippen LogP contribution in [0.1, 0.15) is 42.3 Å². The maximum absolute atomic E-state index is 13.3. The molecule has 206 valence electrons. The van der Waals surface area contributed by atoms with Crippen molar-refractivity contribution in [2.45, 2.75) is 13.5 Å². The molecule has 3 heterocycles. The number of hydrogen-bond acceptors (Lipinski definition) is 7. The summed E-state index contributed by atoms with van der Waals surface area (Å²) in [6.45, 7) is 6.90. The van der Waals surface area contributed by atoms with Crippen molar-refractivity contribution in [3.05, 3.63) is 88.7 Å². The Hall–Kier alpha value is -4.54. The van der Waals surface area contributed by atoms with Crippen molar-refractivity contribution in [2.75, 3.05) is 51.0 Å². The number of fused-ring (bicyclic) bond motifs is 1. The number of carbonyl (C=O) groups is 3. The van der Waals surface area contributed by atoms with E-state index in [1.807, 2.05) is 37.3 Å². The third-order valence-corrected chi connectivity index (χ3v) is 7.02. The molecule has 2 aromatic heterocycles. The summed E-state index contributed by atoms with van der Waals surface area (Å²) in [7, 11) is 3.44. The Morgan fingerprint density at radius 2 is 1.70 bits per heavy atom. The second kappa shape index (κ2) is 11.7. The highest BCUT2D eigenvalue weighted by Gasteiger charge is 2.18. The lowest BCUT2D eigenvalue weighted by molar-refractivity contribution is 0.0594. The molecule has 5 rings (SSSR count). The molecule has 40 heavy (non-hydrogen) atoms. The lowest BCUT2D eigenvalue weighted by Crippen LogP contribution is -2.43. The van der Waals surface area contributed by atoms with Crippen molar-refractivity contribution in [1.82, 2.24) is 19.8 Å². The molecule has 1 aliphatic heterocycles. The smallest absolute Gasteiger partial charge is 0.354 e. The van der Waals surface area contributed by atoms with Gasteiger partial charge in [0, 0.05) is 43.7 Å². The fraction of sp³-hybridized carbons (Fsp3) is 0.267. The Bertz CT molecular complexity index is 1550. The SMILES string of the molecule is COC(=O)c1cc2cc(NC(=O)c3cc(C)ccc3NC(=O)c3ccc(CN4CCN(C)CC4)cc3)cnc2[nH]1. The van der Waals surface area contributed by atoms with E-state index in [0.29, 0.717) is 33.5 Å². The summed E-state index contributed by atoms with van der Waals surface area (Å²) in [5.41, 5.74) is 4.48. The topological polar surface area (TPSA) is 120 Å². The average molecular weight is 541 g/mol. The van der Waals surface area contributed by atoms with Gasteiger partial charge in [0.05, 0.1) is 30.2 Å². The van der Waals surface area contributed by atoms with Gasteiger partial charge in [-0.05, 0) is 55.9 Å². The number of esters is 1. The number of hydrogen-bond donors (Lipinski definition) is 3. The van der Waals surface area contributed by atoms with E-state index >= 15 is 0 Å². The quantitative estimate of drug-likeness (QED) is 0.304. The molecule has 0 aliphatic carbocycles. The molecule has 0 radical (unpaired) electrons. The maximum Gasteiger partial charge on any atom is 0.354 e. The fourth-order valence-electron chi connectivity index (χ4n) is 4.68. The number of pyridine rings is 1. The molecule has 10 heteroatoms. The van der Waals surface area contributed by atoms with Gasteiger partial charge in [0.1, 0.15) is 11.3 Å². The predicted molar refractivity (Wildman–Crippen MR) is 154 cm³/mol. The second-order valence-corrected chi connectivity index (χ2v) is 10.1. The van der Waals surface area contributed by atoms with Gasteiger partial charge in [0.15, 0.2) is 0 Å². The number of nitrogens with one attached hydrogen (secondary N) is 3. The number of anilines is 2. The third-order valence-electron chi connectivity index (χ3n) is 7.02. The van der Waals surface area contributed by atoms with Gasteiger partial charge in [-0.2, -0.15) is 0 Å². The fourth-order valence-corrected chi connectivity index (χ4v) is 4.68. The molecule has 10 nitrogen and oxygen atoms in total. The minimum atomic E-state index is -0.506. The summed E-state index contributed by atoms with van der Waals surface area (Å²) in [5, 5.41) is 6.38. The highest BCUT2D eigenvalue weighted by Crippen LogP contribution is 2.23. The number of aromatic nitrogens is 2. The Labute approximate surface area is 232 Å². The van der Waals surface area contributed by atoms with Gasteiger partial charge in [-0.1, -0.05) is 23.8 Å².